The zero-order valence-corrected chi connectivity index (χ0v) is 13.2. The van der Waals surface area contributed by atoms with E-state index in [0.29, 0.717) is 18.5 Å². The van der Waals surface area contributed by atoms with E-state index in [4.69, 9.17) is 5.73 Å². The van der Waals surface area contributed by atoms with Crippen molar-refractivity contribution >= 4 is 15.7 Å². The van der Waals surface area contributed by atoms with Crippen LogP contribution in [0.15, 0.2) is 0 Å². The maximum absolute atomic E-state index is 12.4. The lowest BCUT2D eigenvalue weighted by molar-refractivity contribution is -0.133. The van der Waals surface area contributed by atoms with Crippen LogP contribution in [0.3, 0.4) is 0 Å². The molecule has 0 aromatic heterocycles. The summed E-state index contributed by atoms with van der Waals surface area (Å²) in [6, 6.07) is 0.753. The Morgan fingerprint density at radius 3 is 2.38 bits per heavy atom. The Bertz CT molecular complexity index is 500. The molecule has 0 aromatic carbocycles. The Balaban J connectivity index is 1.53. The molecule has 120 valence electrons. The van der Waals surface area contributed by atoms with Gasteiger partial charge in [-0.2, -0.15) is 0 Å². The molecular weight excluding hydrogens is 290 g/mol. The molecule has 0 saturated carbocycles. The van der Waals surface area contributed by atoms with Crippen LogP contribution in [0.5, 0.6) is 0 Å². The van der Waals surface area contributed by atoms with E-state index in [-0.39, 0.29) is 23.3 Å². The minimum atomic E-state index is -2.98. The molecule has 0 spiro atoms. The van der Waals surface area contributed by atoms with Gasteiger partial charge in [-0.1, -0.05) is 0 Å². The van der Waals surface area contributed by atoms with E-state index in [1.54, 1.807) is 0 Å². The number of nitrogens with two attached hydrogens (primary N) is 1. The number of sulfone groups is 1. The summed E-state index contributed by atoms with van der Waals surface area (Å²) in [6.45, 7) is 3.56. The van der Waals surface area contributed by atoms with Crippen LogP contribution in [-0.2, 0) is 14.6 Å². The third-order valence-corrected chi connectivity index (χ3v) is 6.92. The van der Waals surface area contributed by atoms with Gasteiger partial charge in [-0.05, 0) is 38.8 Å². The van der Waals surface area contributed by atoms with E-state index in [1.807, 2.05) is 4.90 Å². The topological polar surface area (TPSA) is 83.7 Å². The second-order valence-electron chi connectivity index (χ2n) is 6.70. The van der Waals surface area contributed by atoms with Gasteiger partial charge in [0.2, 0.25) is 5.91 Å². The molecule has 3 heterocycles. The van der Waals surface area contributed by atoms with Gasteiger partial charge in [0.15, 0.2) is 9.84 Å². The first kappa shape index (κ1) is 15.2. The molecule has 21 heavy (non-hydrogen) atoms. The Morgan fingerprint density at radius 2 is 1.76 bits per heavy atom. The summed E-state index contributed by atoms with van der Waals surface area (Å²) in [4.78, 5) is 16.8. The normalized spacial score (nSPS) is 34.4. The highest BCUT2D eigenvalue weighted by molar-refractivity contribution is 7.91. The summed E-state index contributed by atoms with van der Waals surface area (Å²) in [5, 5.41) is 0. The van der Waals surface area contributed by atoms with Crippen molar-refractivity contribution in [1.29, 1.82) is 0 Å². The second-order valence-corrected chi connectivity index (χ2v) is 8.93. The highest BCUT2D eigenvalue weighted by Crippen LogP contribution is 2.25. The SMILES string of the molecule is NC1CCN(C2CCN(C(=O)C3CCS(=O)(=O)C3)C2)CC1. The number of carbonyl (C=O) groups excluding carboxylic acids is 1. The van der Waals surface area contributed by atoms with Crippen LogP contribution in [0.2, 0.25) is 0 Å². The maximum atomic E-state index is 12.4. The van der Waals surface area contributed by atoms with Crippen LogP contribution in [0.1, 0.15) is 25.7 Å². The first-order valence-electron chi connectivity index (χ1n) is 7.93. The predicted octanol–water partition coefficient (Wildman–Crippen LogP) is -0.555. The monoisotopic (exact) mass is 315 g/mol. The van der Waals surface area contributed by atoms with Crippen LogP contribution in [0.4, 0.5) is 0 Å². The van der Waals surface area contributed by atoms with E-state index >= 15 is 0 Å². The van der Waals surface area contributed by atoms with Gasteiger partial charge in [-0.15, -0.1) is 0 Å². The molecule has 6 nitrogen and oxygen atoms in total. The molecule has 2 unspecified atom stereocenters. The van der Waals surface area contributed by atoms with Crippen LogP contribution in [0, 0.1) is 5.92 Å². The molecule has 1 amide bonds. The molecule has 0 bridgehead atoms. The molecule has 0 aliphatic carbocycles. The van der Waals surface area contributed by atoms with Crippen molar-refractivity contribution in [2.24, 2.45) is 11.7 Å². The standard InChI is InChI=1S/C14H25N3O3S/c15-12-1-5-16(6-2-12)13-3-7-17(9-13)14(18)11-4-8-21(19,20)10-11/h11-13H,1-10,15H2. The van der Waals surface area contributed by atoms with Gasteiger partial charge in [-0.25, -0.2) is 8.42 Å². The highest BCUT2D eigenvalue weighted by Gasteiger charge is 2.38. The molecule has 2 N–H and O–H groups in total. The van der Waals surface area contributed by atoms with Crippen molar-refractivity contribution in [3.63, 3.8) is 0 Å². The molecule has 0 aromatic rings. The van der Waals surface area contributed by atoms with Crippen molar-refractivity contribution in [3.8, 4) is 0 Å². The van der Waals surface area contributed by atoms with Crippen LogP contribution >= 0.6 is 0 Å². The predicted molar refractivity (Wildman–Crippen MR) is 80.5 cm³/mol. The van der Waals surface area contributed by atoms with E-state index < -0.39 is 9.84 Å². The van der Waals surface area contributed by atoms with E-state index in [0.717, 1.165) is 45.4 Å². The zero-order chi connectivity index (χ0) is 15.0. The summed E-state index contributed by atoms with van der Waals surface area (Å²) >= 11 is 0. The Labute approximate surface area is 126 Å². The lowest BCUT2D eigenvalue weighted by atomic mass is 10.0. The molecule has 3 fully saturated rings. The minimum Gasteiger partial charge on any atom is -0.341 e. The Morgan fingerprint density at radius 1 is 1.05 bits per heavy atom. The van der Waals surface area contributed by atoms with Crippen molar-refractivity contribution in [3.05, 3.63) is 0 Å². The Kier molecular flexibility index (Phi) is 4.25. The van der Waals surface area contributed by atoms with Crippen molar-refractivity contribution in [2.45, 2.75) is 37.8 Å². The third kappa shape index (κ3) is 3.40. The quantitative estimate of drug-likeness (QED) is 0.739. The van der Waals surface area contributed by atoms with E-state index in [2.05, 4.69) is 4.90 Å². The molecule has 3 aliphatic heterocycles. The van der Waals surface area contributed by atoms with Crippen LogP contribution in [0.25, 0.3) is 0 Å². The lowest BCUT2D eigenvalue weighted by Crippen LogP contribution is -2.46. The van der Waals surface area contributed by atoms with E-state index in [9.17, 15) is 13.2 Å². The fourth-order valence-electron chi connectivity index (χ4n) is 3.77. The summed E-state index contributed by atoms with van der Waals surface area (Å²) in [7, 11) is -2.98. The van der Waals surface area contributed by atoms with Crippen LogP contribution in [-0.4, -0.2) is 73.9 Å². The highest BCUT2D eigenvalue weighted by atomic mass is 32.2. The number of piperidine rings is 1. The van der Waals surface area contributed by atoms with E-state index in [1.165, 1.54) is 0 Å². The van der Waals surface area contributed by atoms with Gasteiger partial charge >= 0.3 is 0 Å². The van der Waals surface area contributed by atoms with Crippen molar-refractivity contribution in [1.82, 2.24) is 9.80 Å². The molecule has 3 aliphatic rings. The summed E-state index contributed by atoms with van der Waals surface area (Å²) in [5.41, 5.74) is 5.93. The molecule has 3 saturated heterocycles. The molecular formula is C14H25N3O3S. The molecule has 3 rings (SSSR count). The summed E-state index contributed by atoms with van der Waals surface area (Å²) < 4.78 is 23.0. The van der Waals surface area contributed by atoms with Crippen molar-refractivity contribution < 1.29 is 13.2 Å². The van der Waals surface area contributed by atoms with Crippen LogP contribution < -0.4 is 5.73 Å². The fraction of sp³-hybridized carbons (Fsp3) is 0.929. The van der Waals surface area contributed by atoms with Gasteiger partial charge in [0.25, 0.3) is 0 Å². The Hall–Kier alpha value is -0.660. The average Bonchev–Trinajstić information content (AvgIpc) is 3.05. The summed E-state index contributed by atoms with van der Waals surface area (Å²) in [6.07, 6.45) is 3.57. The number of hydrogen-bond acceptors (Lipinski definition) is 5. The third-order valence-electron chi connectivity index (χ3n) is 5.15. The molecule has 0 radical (unpaired) electrons. The number of rotatable bonds is 2. The first-order chi connectivity index (χ1) is 9.94. The zero-order valence-electron chi connectivity index (χ0n) is 12.4. The number of carbonyl (C=O) groups is 1. The fourth-order valence-corrected chi connectivity index (χ4v) is 5.51. The van der Waals surface area contributed by atoms with Gasteiger partial charge in [0, 0.05) is 25.2 Å². The smallest absolute Gasteiger partial charge is 0.226 e. The van der Waals surface area contributed by atoms with Gasteiger partial charge in [-0.3, -0.25) is 9.69 Å². The van der Waals surface area contributed by atoms with Crippen molar-refractivity contribution in [2.75, 3.05) is 37.7 Å². The van der Waals surface area contributed by atoms with Gasteiger partial charge < -0.3 is 10.6 Å². The minimum absolute atomic E-state index is 0.0472. The van der Waals surface area contributed by atoms with Gasteiger partial charge in [0.05, 0.1) is 17.4 Å². The molecule has 2 atom stereocenters. The number of nitrogens with zero attached hydrogens (tertiary/aromatic N) is 2. The maximum Gasteiger partial charge on any atom is 0.226 e. The average molecular weight is 315 g/mol. The van der Waals surface area contributed by atoms with Gasteiger partial charge in [0.1, 0.15) is 0 Å². The lowest BCUT2D eigenvalue weighted by Gasteiger charge is -2.34. The number of hydrogen-bond donors (Lipinski definition) is 1. The number of likely N-dealkylation sites (tertiary alicyclic amines) is 2. The molecule has 7 heteroatoms. The first-order valence-corrected chi connectivity index (χ1v) is 9.75. The second kappa shape index (κ2) is 5.85. The largest absolute Gasteiger partial charge is 0.341 e. The number of amides is 1. The summed E-state index contributed by atoms with van der Waals surface area (Å²) in [5.74, 6) is -0.0354.